The van der Waals surface area contributed by atoms with E-state index in [1.807, 2.05) is 0 Å². The van der Waals surface area contributed by atoms with Crippen molar-refractivity contribution in [2.24, 2.45) is 16.8 Å². The average molecular weight is 378 g/mol. The Morgan fingerprint density at radius 3 is 2.85 bits per heavy atom. The normalized spacial score (nSPS) is 29.3. The first-order valence-electron chi connectivity index (χ1n) is 9.55. The van der Waals surface area contributed by atoms with Crippen LogP contribution in [-0.4, -0.2) is 47.2 Å². The van der Waals surface area contributed by atoms with Gasteiger partial charge in [0.1, 0.15) is 5.75 Å². The van der Waals surface area contributed by atoms with Gasteiger partial charge in [-0.3, -0.25) is 19.7 Å². The van der Waals surface area contributed by atoms with Gasteiger partial charge in [-0.1, -0.05) is 24.4 Å². The minimum absolute atomic E-state index is 0.238. The minimum Gasteiger partial charge on any atom is -0.491 e. The van der Waals surface area contributed by atoms with E-state index in [1.54, 1.807) is 6.20 Å². The summed E-state index contributed by atoms with van der Waals surface area (Å²) in [7, 11) is 0. The van der Waals surface area contributed by atoms with Crippen LogP contribution < -0.4 is 4.74 Å². The van der Waals surface area contributed by atoms with Crippen LogP contribution in [0, 0.1) is 11.8 Å². The Kier molecular flexibility index (Phi) is 6.30. The number of ether oxygens (including phenoxy) is 1. The number of carbonyl (C=O) groups excluding carboxylic acids is 1. The molecule has 0 bridgehead atoms. The molecule has 0 N–H and O–H groups in total. The van der Waals surface area contributed by atoms with Crippen molar-refractivity contribution in [1.29, 1.82) is 0 Å². The molecule has 0 saturated heterocycles. The molecule has 6 heteroatoms. The molecule has 26 heavy (non-hydrogen) atoms. The summed E-state index contributed by atoms with van der Waals surface area (Å²) in [5.74, 6) is 1.43. The lowest BCUT2D eigenvalue weighted by atomic mass is 9.75. The molecular formula is C20H28ClN3O2. The molecule has 1 saturated carbocycles. The van der Waals surface area contributed by atoms with E-state index in [0.29, 0.717) is 46.9 Å². The highest BCUT2D eigenvalue weighted by atomic mass is 35.5. The Balaban J connectivity index is 1.73. The van der Waals surface area contributed by atoms with Crippen molar-refractivity contribution in [3.63, 3.8) is 0 Å². The minimum atomic E-state index is 0.238. The molecule has 0 spiro atoms. The van der Waals surface area contributed by atoms with Gasteiger partial charge < -0.3 is 4.74 Å². The third-order valence-corrected chi connectivity index (χ3v) is 6.01. The molecule has 1 aliphatic heterocycles. The van der Waals surface area contributed by atoms with Gasteiger partial charge in [0.2, 0.25) is 0 Å². The summed E-state index contributed by atoms with van der Waals surface area (Å²) >= 11 is 6.06. The molecule has 2 aliphatic rings. The predicted molar refractivity (Wildman–Crippen MR) is 104 cm³/mol. The van der Waals surface area contributed by atoms with Crippen LogP contribution in [0.4, 0.5) is 0 Å². The van der Waals surface area contributed by atoms with E-state index < -0.39 is 0 Å². The highest BCUT2D eigenvalue weighted by Crippen LogP contribution is 2.37. The Morgan fingerprint density at radius 2 is 2.12 bits per heavy atom. The predicted octanol–water partition coefficient (Wildman–Crippen LogP) is 4.24. The number of hydrogen-bond acceptors (Lipinski definition) is 5. The van der Waals surface area contributed by atoms with E-state index in [4.69, 9.17) is 16.3 Å². The van der Waals surface area contributed by atoms with E-state index in [2.05, 4.69) is 41.9 Å². The van der Waals surface area contributed by atoms with Crippen molar-refractivity contribution in [2.45, 2.75) is 64.7 Å². The number of aldehydes is 1. The fourth-order valence-electron chi connectivity index (χ4n) is 4.47. The zero-order valence-electron chi connectivity index (χ0n) is 15.8. The quantitative estimate of drug-likeness (QED) is 0.695. The first kappa shape index (κ1) is 19.3. The van der Waals surface area contributed by atoms with Crippen LogP contribution in [0.3, 0.4) is 0 Å². The highest BCUT2D eigenvalue weighted by molar-refractivity contribution is 6.33. The fourth-order valence-corrected chi connectivity index (χ4v) is 4.66. The standard InChI is InChI=1S/C20H28ClN3O2/c1-13(2)24-14(3)23-9-19(24)16-7-5-4-6-15(16)12-26-20-10-22-8-18(21)17(20)11-25/h8-11,13-16,19H,4-7,12H2,1-3H3. The fraction of sp³-hybridized carbons (Fsp3) is 0.650. The summed E-state index contributed by atoms with van der Waals surface area (Å²) in [6.07, 6.45) is 11.0. The molecule has 142 valence electrons. The van der Waals surface area contributed by atoms with Crippen LogP contribution in [0.15, 0.2) is 17.4 Å². The van der Waals surface area contributed by atoms with Crippen molar-refractivity contribution < 1.29 is 9.53 Å². The van der Waals surface area contributed by atoms with E-state index in [1.165, 1.54) is 25.5 Å². The zero-order valence-corrected chi connectivity index (χ0v) is 16.5. The maximum atomic E-state index is 11.3. The van der Waals surface area contributed by atoms with Crippen molar-refractivity contribution >= 4 is 24.1 Å². The number of carbonyl (C=O) groups is 1. The number of rotatable bonds is 6. The van der Waals surface area contributed by atoms with E-state index >= 15 is 0 Å². The third kappa shape index (κ3) is 3.94. The molecule has 4 atom stereocenters. The number of aromatic nitrogens is 1. The van der Waals surface area contributed by atoms with Gasteiger partial charge in [-0.15, -0.1) is 0 Å². The Hall–Kier alpha value is -1.46. The molecule has 1 aliphatic carbocycles. The zero-order chi connectivity index (χ0) is 18.7. The van der Waals surface area contributed by atoms with E-state index in [-0.39, 0.29) is 6.17 Å². The topological polar surface area (TPSA) is 54.8 Å². The summed E-state index contributed by atoms with van der Waals surface area (Å²) in [6, 6.07) is 0.821. The monoisotopic (exact) mass is 377 g/mol. The van der Waals surface area contributed by atoms with Crippen LogP contribution in [0.5, 0.6) is 5.75 Å². The molecule has 1 fully saturated rings. The van der Waals surface area contributed by atoms with Crippen molar-refractivity contribution in [3.05, 3.63) is 23.0 Å². The molecule has 0 radical (unpaired) electrons. The summed E-state index contributed by atoms with van der Waals surface area (Å²) in [6.45, 7) is 7.22. The second-order valence-electron chi connectivity index (χ2n) is 7.63. The molecule has 5 nitrogen and oxygen atoms in total. The van der Waals surface area contributed by atoms with Gasteiger partial charge in [0.25, 0.3) is 0 Å². The Morgan fingerprint density at radius 1 is 1.35 bits per heavy atom. The molecule has 1 aromatic heterocycles. The molecule has 1 aromatic rings. The van der Waals surface area contributed by atoms with Gasteiger partial charge in [0.05, 0.1) is 35.6 Å². The number of hydrogen-bond donors (Lipinski definition) is 0. The van der Waals surface area contributed by atoms with Crippen molar-refractivity contribution in [1.82, 2.24) is 9.88 Å². The van der Waals surface area contributed by atoms with Crippen LogP contribution in [-0.2, 0) is 0 Å². The first-order chi connectivity index (χ1) is 12.5. The van der Waals surface area contributed by atoms with Gasteiger partial charge in [0, 0.05) is 18.5 Å². The second-order valence-corrected chi connectivity index (χ2v) is 8.04. The van der Waals surface area contributed by atoms with Gasteiger partial charge in [0.15, 0.2) is 6.29 Å². The molecule has 3 rings (SSSR count). The lowest BCUT2D eigenvalue weighted by Crippen LogP contribution is -2.48. The first-order valence-corrected chi connectivity index (χ1v) is 9.93. The van der Waals surface area contributed by atoms with Crippen molar-refractivity contribution in [2.75, 3.05) is 6.61 Å². The van der Waals surface area contributed by atoms with Gasteiger partial charge in [-0.25, -0.2) is 0 Å². The SMILES string of the molecule is CC(C)N1C(C)N=CC1C1CCCCC1COc1cncc(Cl)c1C=O. The maximum Gasteiger partial charge on any atom is 0.155 e. The second kappa shape index (κ2) is 8.49. The van der Waals surface area contributed by atoms with Gasteiger partial charge >= 0.3 is 0 Å². The molecule has 0 amide bonds. The molecule has 2 heterocycles. The van der Waals surface area contributed by atoms with Gasteiger partial charge in [-0.2, -0.15) is 0 Å². The van der Waals surface area contributed by atoms with Gasteiger partial charge in [-0.05, 0) is 45.4 Å². The van der Waals surface area contributed by atoms with Crippen LogP contribution in [0.1, 0.15) is 56.8 Å². The molecule has 4 unspecified atom stereocenters. The number of halogens is 1. The number of nitrogens with zero attached hydrogens (tertiary/aromatic N) is 3. The summed E-state index contributed by atoms with van der Waals surface area (Å²) in [5.41, 5.74) is 0.383. The maximum absolute atomic E-state index is 11.3. The molecule has 0 aromatic carbocycles. The smallest absolute Gasteiger partial charge is 0.155 e. The summed E-state index contributed by atoms with van der Waals surface area (Å²) < 4.78 is 6.02. The third-order valence-electron chi connectivity index (χ3n) is 5.71. The van der Waals surface area contributed by atoms with E-state index in [0.717, 1.165) is 12.7 Å². The van der Waals surface area contributed by atoms with E-state index in [9.17, 15) is 4.79 Å². The number of pyridine rings is 1. The van der Waals surface area contributed by atoms with Crippen LogP contribution in [0.2, 0.25) is 5.02 Å². The largest absolute Gasteiger partial charge is 0.491 e. The Bertz CT molecular complexity index is 664. The van der Waals surface area contributed by atoms with Crippen LogP contribution >= 0.6 is 11.6 Å². The van der Waals surface area contributed by atoms with Crippen molar-refractivity contribution in [3.8, 4) is 5.75 Å². The Labute approximate surface area is 160 Å². The summed E-state index contributed by atoms with van der Waals surface area (Å²) in [5, 5.41) is 0.334. The molecular weight excluding hydrogens is 350 g/mol. The average Bonchev–Trinajstić information content (AvgIpc) is 3.02. The lowest BCUT2D eigenvalue weighted by Gasteiger charge is -2.41. The summed E-state index contributed by atoms with van der Waals surface area (Å²) in [4.78, 5) is 22.5. The lowest BCUT2D eigenvalue weighted by molar-refractivity contribution is 0.0624. The van der Waals surface area contributed by atoms with Crippen LogP contribution in [0.25, 0.3) is 0 Å². The highest BCUT2D eigenvalue weighted by Gasteiger charge is 2.39. The number of aliphatic imine (C=N–C) groups is 1.